The molecule has 1 aliphatic heterocycles. The smallest absolute Gasteiger partial charge is 0.258 e. The summed E-state index contributed by atoms with van der Waals surface area (Å²) in [6.07, 6.45) is 3.42. The van der Waals surface area contributed by atoms with E-state index in [9.17, 15) is 4.79 Å². The standard InChI is InChI=1S/C27H33N3O4/c1-20-11-9-10-16-30(20)27-23(25(28-34-27)21-12-5-4-6-13-21)19-29(17-18-32-2)26(31)22-14-7-8-15-24(22)33-3/h4-8,12-15,20H,9-11,16-19H2,1-3H3/t20-/m1/s1. The third-order valence-corrected chi connectivity index (χ3v) is 6.42. The number of amides is 1. The van der Waals surface area contributed by atoms with Crippen LogP contribution in [0.3, 0.4) is 0 Å². The molecule has 180 valence electrons. The number of carbonyl (C=O) groups is 1. The van der Waals surface area contributed by atoms with Gasteiger partial charge in [0.05, 0.1) is 31.4 Å². The van der Waals surface area contributed by atoms with Crippen LogP contribution in [0.1, 0.15) is 42.1 Å². The molecule has 0 bridgehead atoms. The maximum Gasteiger partial charge on any atom is 0.258 e. The fourth-order valence-corrected chi connectivity index (χ4v) is 4.53. The highest BCUT2D eigenvalue weighted by molar-refractivity contribution is 5.97. The summed E-state index contributed by atoms with van der Waals surface area (Å²) in [5, 5.41) is 4.48. The second-order valence-electron chi connectivity index (χ2n) is 8.64. The first-order valence-electron chi connectivity index (χ1n) is 11.9. The third-order valence-electron chi connectivity index (χ3n) is 6.42. The number of para-hydroxylation sites is 1. The zero-order valence-electron chi connectivity index (χ0n) is 20.2. The Kier molecular flexibility index (Phi) is 7.85. The molecule has 0 radical (unpaired) electrons. The van der Waals surface area contributed by atoms with Crippen LogP contribution in [0, 0.1) is 0 Å². The van der Waals surface area contributed by atoms with Gasteiger partial charge in [-0.25, -0.2) is 0 Å². The van der Waals surface area contributed by atoms with Crippen molar-refractivity contribution in [3.05, 3.63) is 65.7 Å². The highest BCUT2D eigenvalue weighted by Gasteiger charge is 2.30. The molecule has 1 atom stereocenters. The molecule has 7 heteroatoms. The molecule has 2 aromatic carbocycles. The Morgan fingerprint density at radius 1 is 1.12 bits per heavy atom. The van der Waals surface area contributed by atoms with E-state index in [1.165, 1.54) is 6.42 Å². The zero-order chi connectivity index (χ0) is 23.9. The average Bonchev–Trinajstić information content (AvgIpc) is 3.30. The summed E-state index contributed by atoms with van der Waals surface area (Å²) in [4.78, 5) is 17.8. The van der Waals surface area contributed by atoms with E-state index in [2.05, 4.69) is 17.0 Å². The molecule has 7 nitrogen and oxygen atoms in total. The normalized spacial score (nSPS) is 15.9. The van der Waals surface area contributed by atoms with Crippen molar-refractivity contribution in [2.24, 2.45) is 0 Å². The molecule has 0 spiro atoms. The second kappa shape index (κ2) is 11.2. The van der Waals surface area contributed by atoms with Crippen molar-refractivity contribution in [2.75, 3.05) is 38.8 Å². The molecule has 34 heavy (non-hydrogen) atoms. The van der Waals surface area contributed by atoms with Crippen LogP contribution in [-0.2, 0) is 11.3 Å². The summed E-state index contributed by atoms with van der Waals surface area (Å²) in [5.41, 5.74) is 3.17. The first kappa shape index (κ1) is 23.8. The minimum atomic E-state index is -0.118. The molecule has 1 saturated heterocycles. The van der Waals surface area contributed by atoms with Crippen molar-refractivity contribution in [1.82, 2.24) is 10.1 Å². The van der Waals surface area contributed by atoms with Crippen molar-refractivity contribution in [3.63, 3.8) is 0 Å². The Labute approximate surface area is 201 Å². The van der Waals surface area contributed by atoms with E-state index < -0.39 is 0 Å². The highest BCUT2D eigenvalue weighted by Crippen LogP contribution is 2.36. The molecule has 1 aliphatic rings. The number of anilines is 1. The third kappa shape index (κ3) is 5.09. The molecular formula is C27H33N3O4. The molecule has 1 amide bonds. The monoisotopic (exact) mass is 463 g/mol. The van der Waals surface area contributed by atoms with E-state index in [0.717, 1.165) is 42.1 Å². The van der Waals surface area contributed by atoms with Gasteiger partial charge in [0.2, 0.25) is 5.88 Å². The molecule has 0 saturated carbocycles. The Hall–Kier alpha value is -3.32. The molecule has 0 N–H and O–H groups in total. The van der Waals surface area contributed by atoms with Crippen molar-refractivity contribution < 1.29 is 18.8 Å². The minimum Gasteiger partial charge on any atom is -0.496 e. The number of piperidine rings is 1. The number of ether oxygens (including phenoxy) is 2. The van der Waals surface area contributed by atoms with Crippen molar-refractivity contribution in [2.45, 2.75) is 38.8 Å². The van der Waals surface area contributed by atoms with Crippen LogP contribution in [0.5, 0.6) is 5.75 Å². The molecule has 1 aromatic heterocycles. The fraction of sp³-hybridized carbons (Fsp3) is 0.407. The van der Waals surface area contributed by atoms with Crippen LogP contribution in [0.4, 0.5) is 5.88 Å². The lowest BCUT2D eigenvalue weighted by Gasteiger charge is -2.34. The lowest BCUT2D eigenvalue weighted by atomic mass is 10.0. The van der Waals surface area contributed by atoms with Crippen LogP contribution in [0.2, 0.25) is 0 Å². The predicted octanol–water partition coefficient (Wildman–Crippen LogP) is 5.02. The maximum absolute atomic E-state index is 13.7. The van der Waals surface area contributed by atoms with Crippen molar-refractivity contribution in [1.29, 1.82) is 0 Å². The van der Waals surface area contributed by atoms with Crippen LogP contribution in [0.15, 0.2) is 59.1 Å². The Balaban J connectivity index is 1.75. The van der Waals surface area contributed by atoms with Gasteiger partial charge in [-0.3, -0.25) is 4.79 Å². The number of carbonyl (C=O) groups excluding carboxylic acids is 1. The van der Waals surface area contributed by atoms with Gasteiger partial charge in [-0.1, -0.05) is 47.6 Å². The largest absolute Gasteiger partial charge is 0.496 e. The lowest BCUT2D eigenvalue weighted by molar-refractivity contribution is 0.0677. The summed E-state index contributed by atoms with van der Waals surface area (Å²) < 4.78 is 16.8. The van der Waals surface area contributed by atoms with Gasteiger partial charge < -0.3 is 23.8 Å². The topological polar surface area (TPSA) is 68.0 Å². The van der Waals surface area contributed by atoms with Crippen LogP contribution in [-0.4, -0.2) is 55.9 Å². The Morgan fingerprint density at radius 2 is 1.88 bits per heavy atom. The molecular weight excluding hydrogens is 430 g/mol. The molecule has 0 aliphatic carbocycles. The highest BCUT2D eigenvalue weighted by atomic mass is 16.5. The van der Waals surface area contributed by atoms with Gasteiger partial charge in [0.25, 0.3) is 5.91 Å². The zero-order valence-corrected chi connectivity index (χ0v) is 20.2. The molecule has 2 heterocycles. The van der Waals surface area contributed by atoms with Crippen LogP contribution < -0.4 is 9.64 Å². The van der Waals surface area contributed by atoms with E-state index in [4.69, 9.17) is 14.0 Å². The van der Waals surface area contributed by atoms with Gasteiger partial charge in [-0.05, 0) is 38.3 Å². The maximum atomic E-state index is 13.7. The number of methoxy groups -OCH3 is 2. The van der Waals surface area contributed by atoms with Crippen molar-refractivity contribution in [3.8, 4) is 17.0 Å². The number of hydrogen-bond acceptors (Lipinski definition) is 6. The van der Waals surface area contributed by atoms with Gasteiger partial charge in [-0.15, -0.1) is 0 Å². The lowest BCUT2D eigenvalue weighted by Crippen LogP contribution is -2.39. The SMILES string of the molecule is COCCN(Cc1c(-c2ccccc2)noc1N1CCCC[C@H]1C)C(=O)c1ccccc1OC. The fourth-order valence-electron chi connectivity index (χ4n) is 4.53. The van der Waals surface area contributed by atoms with E-state index in [1.807, 2.05) is 42.5 Å². The van der Waals surface area contributed by atoms with Gasteiger partial charge in [0, 0.05) is 31.8 Å². The number of nitrogens with zero attached hydrogens (tertiary/aromatic N) is 3. The molecule has 4 rings (SSSR count). The Bertz CT molecular complexity index is 1080. The van der Waals surface area contributed by atoms with E-state index in [1.54, 1.807) is 31.3 Å². The van der Waals surface area contributed by atoms with Gasteiger partial charge in [-0.2, -0.15) is 0 Å². The summed E-state index contributed by atoms with van der Waals surface area (Å²) in [6.45, 7) is 4.34. The minimum absolute atomic E-state index is 0.118. The summed E-state index contributed by atoms with van der Waals surface area (Å²) >= 11 is 0. The van der Waals surface area contributed by atoms with Gasteiger partial charge in [0.15, 0.2) is 0 Å². The van der Waals surface area contributed by atoms with Crippen LogP contribution >= 0.6 is 0 Å². The number of rotatable bonds is 9. The van der Waals surface area contributed by atoms with Crippen LogP contribution in [0.25, 0.3) is 11.3 Å². The van der Waals surface area contributed by atoms with E-state index >= 15 is 0 Å². The molecule has 1 fully saturated rings. The number of aromatic nitrogens is 1. The second-order valence-corrected chi connectivity index (χ2v) is 8.64. The average molecular weight is 464 g/mol. The first-order chi connectivity index (χ1) is 16.6. The first-order valence-corrected chi connectivity index (χ1v) is 11.9. The summed E-state index contributed by atoms with van der Waals surface area (Å²) in [7, 11) is 3.22. The number of hydrogen-bond donors (Lipinski definition) is 0. The van der Waals surface area contributed by atoms with E-state index in [0.29, 0.717) is 37.1 Å². The van der Waals surface area contributed by atoms with Gasteiger partial charge in [0.1, 0.15) is 11.4 Å². The summed E-state index contributed by atoms with van der Waals surface area (Å²) in [6, 6.07) is 17.6. The molecule has 3 aromatic rings. The van der Waals surface area contributed by atoms with Gasteiger partial charge >= 0.3 is 0 Å². The van der Waals surface area contributed by atoms with E-state index in [-0.39, 0.29) is 5.91 Å². The summed E-state index contributed by atoms with van der Waals surface area (Å²) in [5.74, 6) is 1.18. The predicted molar refractivity (Wildman–Crippen MR) is 132 cm³/mol. The number of benzene rings is 2. The van der Waals surface area contributed by atoms with Crippen molar-refractivity contribution >= 4 is 11.8 Å². The Morgan fingerprint density at radius 3 is 2.62 bits per heavy atom. The molecule has 0 unspecified atom stereocenters. The quantitative estimate of drug-likeness (QED) is 0.444.